The highest BCUT2D eigenvalue weighted by molar-refractivity contribution is 5.38. The molecule has 2 rings (SSSR count). The average molecular weight is 217 g/mol. The Hall–Kier alpha value is -0.820. The number of aryl methyl sites for hydroxylation is 1. The van der Waals surface area contributed by atoms with Crippen molar-refractivity contribution >= 4 is 0 Å². The molecular formula is C15H23N. The van der Waals surface area contributed by atoms with Crippen LogP contribution in [0.5, 0.6) is 0 Å². The fourth-order valence-electron chi connectivity index (χ4n) is 2.67. The average Bonchev–Trinajstić information content (AvgIpc) is 2.88. The van der Waals surface area contributed by atoms with Crippen molar-refractivity contribution in [3.8, 4) is 0 Å². The molecule has 0 saturated heterocycles. The fraction of sp³-hybridized carbons (Fsp3) is 0.600. The van der Waals surface area contributed by atoms with Gasteiger partial charge >= 0.3 is 0 Å². The second-order valence-corrected chi connectivity index (χ2v) is 5.70. The summed E-state index contributed by atoms with van der Waals surface area (Å²) >= 11 is 0. The van der Waals surface area contributed by atoms with Crippen molar-refractivity contribution in [1.29, 1.82) is 0 Å². The molecule has 1 aliphatic carbocycles. The summed E-state index contributed by atoms with van der Waals surface area (Å²) in [6.45, 7) is 10.2. The Balaban J connectivity index is 2.04. The third kappa shape index (κ3) is 2.15. The molecule has 2 unspecified atom stereocenters. The Morgan fingerprint density at radius 3 is 2.69 bits per heavy atom. The highest BCUT2D eigenvalue weighted by Crippen LogP contribution is 2.54. The van der Waals surface area contributed by atoms with Gasteiger partial charge in [-0.05, 0) is 42.3 Å². The minimum Gasteiger partial charge on any atom is -0.314 e. The molecule has 88 valence electrons. The van der Waals surface area contributed by atoms with Crippen LogP contribution in [-0.4, -0.2) is 12.6 Å². The maximum Gasteiger partial charge on any atom is 0.00104 e. The first-order chi connectivity index (χ1) is 7.54. The Bertz CT molecular complexity index is 369. The maximum atomic E-state index is 3.55. The Morgan fingerprint density at radius 1 is 1.38 bits per heavy atom. The summed E-state index contributed by atoms with van der Waals surface area (Å²) in [7, 11) is 0. The van der Waals surface area contributed by atoms with E-state index in [1.807, 2.05) is 0 Å². The molecule has 0 spiro atoms. The first-order valence-electron chi connectivity index (χ1n) is 6.33. The summed E-state index contributed by atoms with van der Waals surface area (Å²) in [6, 6.07) is 9.42. The summed E-state index contributed by atoms with van der Waals surface area (Å²) < 4.78 is 0. The number of rotatable bonds is 4. The fourth-order valence-corrected chi connectivity index (χ4v) is 2.67. The third-order valence-corrected chi connectivity index (χ3v) is 3.94. The summed E-state index contributed by atoms with van der Waals surface area (Å²) in [5.74, 6) is 0.816. The molecule has 0 bridgehead atoms. The van der Waals surface area contributed by atoms with Gasteiger partial charge in [-0.15, -0.1) is 0 Å². The third-order valence-electron chi connectivity index (χ3n) is 3.94. The topological polar surface area (TPSA) is 12.0 Å². The minimum absolute atomic E-state index is 0.424. The zero-order valence-corrected chi connectivity index (χ0v) is 10.9. The zero-order chi connectivity index (χ0) is 11.8. The van der Waals surface area contributed by atoms with Gasteiger partial charge in [-0.2, -0.15) is 0 Å². The van der Waals surface area contributed by atoms with Crippen LogP contribution in [0, 0.1) is 12.8 Å². The van der Waals surface area contributed by atoms with Gasteiger partial charge in [-0.1, -0.05) is 45.0 Å². The molecule has 0 amide bonds. The molecule has 16 heavy (non-hydrogen) atoms. The molecule has 2 atom stereocenters. The first kappa shape index (κ1) is 11.7. The largest absolute Gasteiger partial charge is 0.314 e. The molecule has 1 aromatic rings. The van der Waals surface area contributed by atoms with Crippen LogP contribution in [0.1, 0.15) is 38.3 Å². The molecule has 1 aromatic carbocycles. The molecule has 1 saturated carbocycles. The van der Waals surface area contributed by atoms with Crippen LogP contribution >= 0.6 is 0 Å². The summed E-state index contributed by atoms with van der Waals surface area (Å²) in [5.41, 5.74) is 3.41. The lowest BCUT2D eigenvalue weighted by molar-refractivity contribution is 0.527. The van der Waals surface area contributed by atoms with Gasteiger partial charge in [0, 0.05) is 6.04 Å². The van der Waals surface area contributed by atoms with E-state index in [0.29, 0.717) is 11.5 Å². The lowest BCUT2D eigenvalue weighted by Crippen LogP contribution is -2.27. The Labute approximate surface area is 99.3 Å². The minimum atomic E-state index is 0.424. The molecule has 1 fully saturated rings. The second-order valence-electron chi connectivity index (χ2n) is 5.70. The van der Waals surface area contributed by atoms with Gasteiger partial charge in [-0.25, -0.2) is 0 Å². The first-order valence-corrected chi connectivity index (χ1v) is 6.33. The van der Waals surface area contributed by atoms with Crippen LogP contribution in [0.25, 0.3) is 0 Å². The van der Waals surface area contributed by atoms with Crippen LogP contribution in [0.15, 0.2) is 24.3 Å². The normalized spacial score (nSPS) is 28.4. The van der Waals surface area contributed by atoms with Crippen molar-refractivity contribution in [1.82, 2.24) is 5.32 Å². The van der Waals surface area contributed by atoms with Gasteiger partial charge in [0.15, 0.2) is 0 Å². The molecule has 0 aliphatic heterocycles. The van der Waals surface area contributed by atoms with Gasteiger partial charge in [-0.3, -0.25) is 0 Å². The maximum absolute atomic E-state index is 3.55. The Kier molecular flexibility index (Phi) is 3.07. The molecule has 0 radical (unpaired) electrons. The van der Waals surface area contributed by atoms with Gasteiger partial charge in [0.05, 0.1) is 0 Å². The highest BCUT2D eigenvalue weighted by Gasteiger charge is 2.51. The van der Waals surface area contributed by atoms with E-state index in [1.54, 1.807) is 5.56 Å². The predicted octanol–water partition coefficient (Wildman–Crippen LogP) is 3.27. The number of nitrogens with one attached hydrogen (secondary N) is 1. The lowest BCUT2D eigenvalue weighted by Gasteiger charge is -2.16. The van der Waals surface area contributed by atoms with Gasteiger partial charge in [0.1, 0.15) is 0 Å². The molecular weight excluding hydrogens is 194 g/mol. The van der Waals surface area contributed by atoms with E-state index in [2.05, 4.69) is 57.3 Å². The SMILES string of the molecule is Cc1ccccc1C1(C)CC1CNC(C)C. The van der Waals surface area contributed by atoms with Gasteiger partial charge < -0.3 is 5.32 Å². The van der Waals surface area contributed by atoms with E-state index in [4.69, 9.17) is 0 Å². The van der Waals surface area contributed by atoms with Crippen LogP contribution in [-0.2, 0) is 5.41 Å². The smallest absolute Gasteiger partial charge is 0.00104 e. The molecule has 0 aromatic heterocycles. The van der Waals surface area contributed by atoms with E-state index in [0.717, 1.165) is 12.5 Å². The van der Waals surface area contributed by atoms with E-state index in [-0.39, 0.29) is 0 Å². The van der Waals surface area contributed by atoms with E-state index < -0.39 is 0 Å². The predicted molar refractivity (Wildman–Crippen MR) is 69.8 cm³/mol. The Morgan fingerprint density at radius 2 is 2.06 bits per heavy atom. The number of hydrogen-bond acceptors (Lipinski definition) is 1. The quantitative estimate of drug-likeness (QED) is 0.816. The second kappa shape index (κ2) is 4.21. The standard InChI is InChI=1S/C15H23N/c1-11(2)16-10-13-9-15(13,4)14-8-6-5-7-12(14)3/h5-8,11,13,16H,9-10H2,1-4H3. The van der Waals surface area contributed by atoms with E-state index in [9.17, 15) is 0 Å². The van der Waals surface area contributed by atoms with Crippen molar-refractivity contribution in [2.45, 2.75) is 45.6 Å². The summed E-state index contributed by atoms with van der Waals surface area (Å²) in [6.07, 6.45) is 1.33. The van der Waals surface area contributed by atoms with Gasteiger partial charge in [0.25, 0.3) is 0 Å². The van der Waals surface area contributed by atoms with Crippen molar-refractivity contribution in [3.63, 3.8) is 0 Å². The van der Waals surface area contributed by atoms with E-state index in [1.165, 1.54) is 12.0 Å². The monoisotopic (exact) mass is 217 g/mol. The molecule has 1 heteroatoms. The van der Waals surface area contributed by atoms with Crippen LogP contribution in [0.4, 0.5) is 0 Å². The van der Waals surface area contributed by atoms with Crippen molar-refractivity contribution in [2.24, 2.45) is 5.92 Å². The van der Waals surface area contributed by atoms with Crippen molar-refractivity contribution < 1.29 is 0 Å². The van der Waals surface area contributed by atoms with Crippen LogP contribution in [0.3, 0.4) is 0 Å². The van der Waals surface area contributed by atoms with Crippen LogP contribution in [0.2, 0.25) is 0 Å². The lowest BCUT2D eigenvalue weighted by atomic mass is 9.91. The summed E-state index contributed by atoms with van der Waals surface area (Å²) in [5, 5.41) is 3.55. The van der Waals surface area contributed by atoms with Gasteiger partial charge in [0.2, 0.25) is 0 Å². The number of hydrogen-bond donors (Lipinski definition) is 1. The highest BCUT2D eigenvalue weighted by atomic mass is 14.9. The molecule has 0 heterocycles. The number of benzene rings is 1. The zero-order valence-electron chi connectivity index (χ0n) is 10.9. The van der Waals surface area contributed by atoms with E-state index >= 15 is 0 Å². The molecule has 1 nitrogen and oxygen atoms in total. The van der Waals surface area contributed by atoms with Crippen molar-refractivity contribution in [2.75, 3.05) is 6.54 Å². The van der Waals surface area contributed by atoms with Crippen molar-refractivity contribution in [3.05, 3.63) is 35.4 Å². The summed E-state index contributed by atoms with van der Waals surface area (Å²) in [4.78, 5) is 0. The molecule has 1 aliphatic rings. The molecule has 1 N–H and O–H groups in total. The van der Waals surface area contributed by atoms with Crippen LogP contribution < -0.4 is 5.32 Å².